The molecular weight excluding hydrogens is 236 g/mol. The average Bonchev–Trinajstić information content (AvgIpc) is 2.46. The molecule has 0 aromatic heterocycles. The van der Waals surface area contributed by atoms with E-state index in [-0.39, 0.29) is 5.41 Å². The average molecular weight is 266 g/mol. The van der Waals surface area contributed by atoms with E-state index in [0.29, 0.717) is 17.9 Å². The molecule has 3 heteroatoms. The number of carbonyl (C=O) groups excluding carboxylic acids is 1. The SMILES string of the molecule is CN(C(=O)C1(C)CCCCC1)C1CCCCC1CN. The molecule has 3 nitrogen and oxygen atoms in total. The molecule has 2 atom stereocenters. The van der Waals surface area contributed by atoms with E-state index < -0.39 is 0 Å². The molecule has 2 saturated carbocycles. The van der Waals surface area contributed by atoms with Crippen LogP contribution in [0.4, 0.5) is 0 Å². The van der Waals surface area contributed by atoms with Gasteiger partial charge < -0.3 is 10.6 Å². The van der Waals surface area contributed by atoms with E-state index in [0.717, 1.165) is 25.8 Å². The zero-order chi connectivity index (χ0) is 13.9. The van der Waals surface area contributed by atoms with Crippen LogP contribution in [0.15, 0.2) is 0 Å². The summed E-state index contributed by atoms with van der Waals surface area (Å²) in [5, 5.41) is 0. The van der Waals surface area contributed by atoms with Crippen molar-refractivity contribution in [3.05, 3.63) is 0 Å². The number of hydrogen-bond acceptors (Lipinski definition) is 2. The third-order valence-corrected chi connectivity index (χ3v) is 5.46. The summed E-state index contributed by atoms with van der Waals surface area (Å²) in [7, 11) is 2.01. The van der Waals surface area contributed by atoms with Gasteiger partial charge in [-0.3, -0.25) is 4.79 Å². The summed E-state index contributed by atoms with van der Waals surface area (Å²) in [5.74, 6) is 0.882. The number of hydrogen-bond donors (Lipinski definition) is 1. The Morgan fingerprint density at radius 3 is 2.42 bits per heavy atom. The van der Waals surface area contributed by atoms with Crippen LogP contribution in [0.1, 0.15) is 64.7 Å². The third kappa shape index (κ3) is 3.13. The molecule has 2 rings (SSSR count). The van der Waals surface area contributed by atoms with E-state index in [1.54, 1.807) is 0 Å². The molecule has 1 amide bonds. The maximum atomic E-state index is 12.9. The van der Waals surface area contributed by atoms with Crippen LogP contribution in [0.3, 0.4) is 0 Å². The predicted molar refractivity (Wildman–Crippen MR) is 78.8 cm³/mol. The van der Waals surface area contributed by atoms with Crippen molar-refractivity contribution in [3.8, 4) is 0 Å². The van der Waals surface area contributed by atoms with Gasteiger partial charge >= 0.3 is 0 Å². The van der Waals surface area contributed by atoms with Gasteiger partial charge in [-0.2, -0.15) is 0 Å². The van der Waals surface area contributed by atoms with Crippen molar-refractivity contribution in [2.75, 3.05) is 13.6 Å². The number of rotatable bonds is 3. The van der Waals surface area contributed by atoms with Crippen LogP contribution in [0, 0.1) is 11.3 Å². The Balaban J connectivity index is 2.04. The monoisotopic (exact) mass is 266 g/mol. The highest BCUT2D eigenvalue weighted by Crippen LogP contribution is 2.39. The Morgan fingerprint density at radius 2 is 1.79 bits per heavy atom. The summed E-state index contributed by atoms with van der Waals surface area (Å²) in [5.41, 5.74) is 5.80. The minimum absolute atomic E-state index is 0.108. The van der Waals surface area contributed by atoms with Gasteiger partial charge in [0.05, 0.1) is 0 Å². The molecule has 2 unspecified atom stereocenters. The molecule has 2 aliphatic rings. The van der Waals surface area contributed by atoms with E-state index in [1.807, 2.05) is 7.05 Å². The summed E-state index contributed by atoms with van der Waals surface area (Å²) >= 11 is 0. The van der Waals surface area contributed by atoms with Crippen LogP contribution < -0.4 is 5.73 Å². The molecule has 0 radical (unpaired) electrons. The molecule has 0 bridgehead atoms. The van der Waals surface area contributed by atoms with E-state index in [9.17, 15) is 4.79 Å². The molecule has 0 spiro atoms. The van der Waals surface area contributed by atoms with Gasteiger partial charge in [0.15, 0.2) is 0 Å². The molecular formula is C16H30N2O. The van der Waals surface area contributed by atoms with Crippen LogP contribution >= 0.6 is 0 Å². The standard InChI is InChI=1S/C16H30N2O/c1-16(10-6-3-7-11-16)15(19)18(2)14-9-5-4-8-13(14)12-17/h13-14H,3-12,17H2,1-2H3. The van der Waals surface area contributed by atoms with E-state index in [4.69, 9.17) is 5.73 Å². The largest absolute Gasteiger partial charge is 0.342 e. The summed E-state index contributed by atoms with van der Waals surface area (Å²) in [6.07, 6.45) is 10.7. The van der Waals surface area contributed by atoms with Crippen LogP contribution in [0.5, 0.6) is 0 Å². The Kier molecular flexibility index (Phi) is 4.88. The van der Waals surface area contributed by atoms with Gasteiger partial charge in [0.25, 0.3) is 0 Å². The predicted octanol–water partition coefficient (Wildman–Crippen LogP) is 2.93. The van der Waals surface area contributed by atoms with Gasteiger partial charge in [0.1, 0.15) is 0 Å². The molecule has 0 saturated heterocycles. The molecule has 0 heterocycles. The topological polar surface area (TPSA) is 46.3 Å². The summed E-state index contributed by atoms with van der Waals surface area (Å²) in [6.45, 7) is 2.89. The van der Waals surface area contributed by atoms with Crippen molar-refractivity contribution in [2.24, 2.45) is 17.1 Å². The lowest BCUT2D eigenvalue weighted by Crippen LogP contribution is -2.51. The van der Waals surface area contributed by atoms with E-state index in [2.05, 4.69) is 11.8 Å². The van der Waals surface area contributed by atoms with Crippen molar-refractivity contribution in [1.29, 1.82) is 0 Å². The van der Waals surface area contributed by atoms with Gasteiger partial charge in [0.2, 0.25) is 5.91 Å². The Labute approximate surface area is 117 Å². The van der Waals surface area contributed by atoms with Crippen LogP contribution in [-0.2, 0) is 4.79 Å². The second-order valence-corrected chi connectivity index (χ2v) is 6.88. The first-order valence-electron chi connectivity index (χ1n) is 8.06. The minimum Gasteiger partial charge on any atom is -0.342 e. The van der Waals surface area contributed by atoms with Gasteiger partial charge in [-0.15, -0.1) is 0 Å². The van der Waals surface area contributed by atoms with E-state index in [1.165, 1.54) is 38.5 Å². The van der Waals surface area contributed by atoms with E-state index >= 15 is 0 Å². The second kappa shape index (κ2) is 6.25. The van der Waals surface area contributed by atoms with Crippen molar-refractivity contribution in [3.63, 3.8) is 0 Å². The summed E-state index contributed by atoms with van der Waals surface area (Å²) in [6, 6.07) is 0.380. The van der Waals surface area contributed by atoms with Crippen molar-refractivity contribution < 1.29 is 4.79 Å². The summed E-state index contributed by atoms with van der Waals surface area (Å²) < 4.78 is 0. The number of nitrogens with two attached hydrogens (primary N) is 1. The highest BCUT2D eigenvalue weighted by Gasteiger charge is 2.40. The fourth-order valence-corrected chi connectivity index (χ4v) is 4.10. The smallest absolute Gasteiger partial charge is 0.228 e. The van der Waals surface area contributed by atoms with Crippen molar-refractivity contribution in [1.82, 2.24) is 4.90 Å². The third-order valence-electron chi connectivity index (χ3n) is 5.46. The van der Waals surface area contributed by atoms with Gasteiger partial charge in [-0.05, 0) is 38.1 Å². The lowest BCUT2D eigenvalue weighted by Gasteiger charge is -2.43. The molecule has 0 aromatic rings. The fourth-order valence-electron chi connectivity index (χ4n) is 4.10. The lowest BCUT2D eigenvalue weighted by molar-refractivity contribution is -0.145. The Morgan fingerprint density at radius 1 is 1.16 bits per heavy atom. The Hall–Kier alpha value is -0.570. The molecule has 0 aliphatic heterocycles. The maximum Gasteiger partial charge on any atom is 0.228 e. The fraction of sp³-hybridized carbons (Fsp3) is 0.938. The maximum absolute atomic E-state index is 12.9. The van der Waals surface area contributed by atoms with Crippen molar-refractivity contribution in [2.45, 2.75) is 70.8 Å². The highest BCUT2D eigenvalue weighted by atomic mass is 16.2. The second-order valence-electron chi connectivity index (χ2n) is 6.88. The van der Waals surface area contributed by atoms with Gasteiger partial charge in [-0.1, -0.05) is 39.0 Å². The summed E-state index contributed by atoms with van der Waals surface area (Å²) in [4.78, 5) is 14.9. The quantitative estimate of drug-likeness (QED) is 0.853. The van der Waals surface area contributed by atoms with Crippen LogP contribution in [-0.4, -0.2) is 30.4 Å². The first-order valence-corrected chi connectivity index (χ1v) is 8.06. The van der Waals surface area contributed by atoms with Gasteiger partial charge in [-0.25, -0.2) is 0 Å². The molecule has 19 heavy (non-hydrogen) atoms. The molecule has 110 valence electrons. The number of amides is 1. The molecule has 2 aliphatic carbocycles. The van der Waals surface area contributed by atoms with Crippen LogP contribution in [0.2, 0.25) is 0 Å². The van der Waals surface area contributed by atoms with Crippen LogP contribution in [0.25, 0.3) is 0 Å². The first kappa shape index (κ1) is 14.8. The molecule has 2 N–H and O–H groups in total. The minimum atomic E-state index is -0.108. The molecule has 0 aromatic carbocycles. The van der Waals surface area contributed by atoms with Crippen molar-refractivity contribution >= 4 is 5.91 Å². The normalized spacial score (nSPS) is 30.9. The first-order chi connectivity index (χ1) is 9.08. The number of nitrogens with zero attached hydrogens (tertiary/aromatic N) is 1. The number of carbonyl (C=O) groups is 1. The zero-order valence-electron chi connectivity index (χ0n) is 12.7. The highest BCUT2D eigenvalue weighted by molar-refractivity contribution is 5.82. The van der Waals surface area contributed by atoms with Gasteiger partial charge in [0, 0.05) is 18.5 Å². The Bertz CT molecular complexity index is 310. The lowest BCUT2D eigenvalue weighted by atomic mass is 9.73. The zero-order valence-corrected chi connectivity index (χ0v) is 12.7. The molecule has 2 fully saturated rings.